The molecule has 2 heteroatoms. The fourth-order valence-corrected chi connectivity index (χ4v) is 2.45. The summed E-state index contributed by atoms with van der Waals surface area (Å²) in [5.74, 6) is 0. The van der Waals surface area contributed by atoms with Gasteiger partial charge in [-0.3, -0.25) is 4.90 Å². The van der Waals surface area contributed by atoms with E-state index in [2.05, 4.69) is 17.1 Å². The molecule has 0 spiro atoms. The van der Waals surface area contributed by atoms with Gasteiger partial charge in [0, 0.05) is 25.2 Å². The van der Waals surface area contributed by atoms with Crippen LogP contribution in [0.3, 0.4) is 0 Å². The molecule has 2 saturated heterocycles. The van der Waals surface area contributed by atoms with Gasteiger partial charge in [-0.15, -0.1) is 0 Å². The summed E-state index contributed by atoms with van der Waals surface area (Å²) >= 11 is 0. The molecule has 0 aromatic heterocycles. The van der Waals surface area contributed by atoms with Gasteiger partial charge >= 0.3 is 0 Å². The van der Waals surface area contributed by atoms with Crippen LogP contribution in [0.15, 0.2) is 0 Å². The first-order valence-corrected chi connectivity index (χ1v) is 5.38. The Morgan fingerprint density at radius 2 is 2.17 bits per heavy atom. The van der Waals surface area contributed by atoms with E-state index in [-0.39, 0.29) is 0 Å². The lowest BCUT2D eigenvalue weighted by atomic mass is 9.96. The van der Waals surface area contributed by atoms with Crippen molar-refractivity contribution in [2.24, 2.45) is 0 Å². The van der Waals surface area contributed by atoms with Gasteiger partial charge in [0.15, 0.2) is 0 Å². The first-order valence-electron chi connectivity index (χ1n) is 5.38. The SMILES string of the molecule is CCC1CCCCN1C1CNC1. The Hall–Kier alpha value is -0.0800. The standard InChI is InChI=1S/C10H20N2/c1-2-9-5-3-4-6-12(9)10-7-11-8-10/h9-11H,2-8H2,1H3. The van der Waals surface area contributed by atoms with Crippen LogP contribution in [0.4, 0.5) is 0 Å². The molecule has 2 aliphatic heterocycles. The predicted octanol–water partition coefficient (Wildman–Crippen LogP) is 1.22. The van der Waals surface area contributed by atoms with Crippen LogP contribution in [0, 0.1) is 0 Å². The normalized spacial score (nSPS) is 33.2. The van der Waals surface area contributed by atoms with Crippen molar-refractivity contribution >= 4 is 0 Å². The maximum atomic E-state index is 3.36. The van der Waals surface area contributed by atoms with Crippen LogP contribution in [0.5, 0.6) is 0 Å². The van der Waals surface area contributed by atoms with Gasteiger partial charge in [-0.25, -0.2) is 0 Å². The molecular weight excluding hydrogens is 148 g/mol. The van der Waals surface area contributed by atoms with Crippen LogP contribution in [0.2, 0.25) is 0 Å². The summed E-state index contributed by atoms with van der Waals surface area (Å²) < 4.78 is 0. The third-order valence-electron chi connectivity index (χ3n) is 3.37. The minimum Gasteiger partial charge on any atom is -0.314 e. The average Bonchev–Trinajstić information content (AvgIpc) is 2.02. The summed E-state index contributed by atoms with van der Waals surface area (Å²) in [5.41, 5.74) is 0. The van der Waals surface area contributed by atoms with Crippen molar-refractivity contribution in [3.05, 3.63) is 0 Å². The van der Waals surface area contributed by atoms with Gasteiger partial charge in [-0.1, -0.05) is 13.3 Å². The van der Waals surface area contributed by atoms with E-state index in [0.717, 1.165) is 12.1 Å². The predicted molar refractivity (Wildman–Crippen MR) is 51.3 cm³/mol. The third kappa shape index (κ3) is 1.50. The molecule has 2 rings (SSSR count). The smallest absolute Gasteiger partial charge is 0.0348 e. The van der Waals surface area contributed by atoms with Crippen molar-refractivity contribution in [2.45, 2.75) is 44.7 Å². The summed E-state index contributed by atoms with van der Waals surface area (Å²) in [7, 11) is 0. The highest BCUT2D eigenvalue weighted by Crippen LogP contribution is 2.22. The van der Waals surface area contributed by atoms with Crippen LogP contribution in [0.25, 0.3) is 0 Å². The molecule has 0 bridgehead atoms. The molecule has 0 aromatic carbocycles. The number of nitrogens with one attached hydrogen (secondary N) is 1. The molecule has 1 unspecified atom stereocenters. The first-order chi connectivity index (χ1) is 5.92. The Labute approximate surface area is 75.3 Å². The number of hydrogen-bond donors (Lipinski definition) is 1. The second-order valence-electron chi connectivity index (χ2n) is 4.11. The number of rotatable bonds is 2. The lowest BCUT2D eigenvalue weighted by Crippen LogP contribution is -2.60. The van der Waals surface area contributed by atoms with E-state index >= 15 is 0 Å². The lowest BCUT2D eigenvalue weighted by molar-refractivity contribution is 0.0631. The molecule has 12 heavy (non-hydrogen) atoms. The average molecular weight is 168 g/mol. The molecule has 2 heterocycles. The molecule has 2 fully saturated rings. The molecule has 0 radical (unpaired) electrons. The quantitative estimate of drug-likeness (QED) is 0.667. The summed E-state index contributed by atoms with van der Waals surface area (Å²) in [6, 6.07) is 1.76. The van der Waals surface area contributed by atoms with Crippen LogP contribution in [-0.2, 0) is 0 Å². The largest absolute Gasteiger partial charge is 0.314 e. The summed E-state index contributed by atoms with van der Waals surface area (Å²) in [4.78, 5) is 2.74. The van der Waals surface area contributed by atoms with Gasteiger partial charge in [-0.05, 0) is 25.8 Å². The number of likely N-dealkylation sites (tertiary alicyclic amines) is 1. The van der Waals surface area contributed by atoms with Crippen molar-refractivity contribution in [2.75, 3.05) is 19.6 Å². The molecule has 0 amide bonds. The molecule has 70 valence electrons. The van der Waals surface area contributed by atoms with Crippen LogP contribution < -0.4 is 5.32 Å². The first kappa shape index (κ1) is 8.52. The van der Waals surface area contributed by atoms with Crippen molar-refractivity contribution in [1.29, 1.82) is 0 Å². The van der Waals surface area contributed by atoms with E-state index < -0.39 is 0 Å². The number of hydrogen-bond acceptors (Lipinski definition) is 2. The Bertz CT molecular complexity index is 143. The fraction of sp³-hybridized carbons (Fsp3) is 1.00. The van der Waals surface area contributed by atoms with Crippen LogP contribution in [-0.4, -0.2) is 36.6 Å². The van der Waals surface area contributed by atoms with Crippen molar-refractivity contribution < 1.29 is 0 Å². The molecule has 0 aliphatic carbocycles. The van der Waals surface area contributed by atoms with E-state index in [1.54, 1.807) is 0 Å². The van der Waals surface area contributed by atoms with Crippen molar-refractivity contribution in [3.8, 4) is 0 Å². The molecule has 1 atom stereocenters. The monoisotopic (exact) mass is 168 g/mol. The molecule has 2 aliphatic rings. The Balaban J connectivity index is 1.90. The summed E-state index contributed by atoms with van der Waals surface area (Å²) in [6.45, 7) is 6.15. The highest BCUT2D eigenvalue weighted by atomic mass is 15.3. The highest BCUT2D eigenvalue weighted by Gasteiger charge is 2.30. The Morgan fingerprint density at radius 1 is 1.33 bits per heavy atom. The van der Waals surface area contributed by atoms with Gasteiger partial charge in [0.2, 0.25) is 0 Å². The molecule has 0 saturated carbocycles. The third-order valence-corrected chi connectivity index (χ3v) is 3.37. The van der Waals surface area contributed by atoms with Gasteiger partial charge in [0.1, 0.15) is 0 Å². The zero-order chi connectivity index (χ0) is 8.39. The lowest BCUT2D eigenvalue weighted by Gasteiger charge is -2.45. The van der Waals surface area contributed by atoms with Crippen molar-refractivity contribution in [1.82, 2.24) is 10.2 Å². The van der Waals surface area contributed by atoms with E-state index in [0.29, 0.717) is 0 Å². The molecule has 1 N–H and O–H groups in total. The van der Waals surface area contributed by atoms with Gasteiger partial charge in [-0.2, -0.15) is 0 Å². The topological polar surface area (TPSA) is 15.3 Å². The summed E-state index contributed by atoms with van der Waals surface area (Å²) in [6.07, 6.45) is 5.66. The zero-order valence-electron chi connectivity index (χ0n) is 8.05. The summed E-state index contributed by atoms with van der Waals surface area (Å²) in [5, 5.41) is 3.36. The Morgan fingerprint density at radius 3 is 2.75 bits per heavy atom. The van der Waals surface area contributed by atoms with Gasteiger partial charge in [0.25, 0.3) is 0 Å². The zero-order valence-corrected chi connectivity index (χ0v) is 8.05. The van der Waals surface area contributed by atoms with E-state index in [9.17, 15) is 0 Å². The van der Waals surface area contributed by atoms with Crippen LogP contribution >= 0.6 is 0 Å². The maximum absolute atomic E-state index is 3.36. The minimum atomic E-state index is 0.871. The molecule has 2 nitrogen and oxygen atoms in total. The second-order valence-corrected chi connectivity index (χ2v) is 4.11. The van der Waals surface area contributed by atoms with Gasteiger partial charge in [0.05, 0.1) is 0 Å². The van der Waals surface area contributed by atoms with E-state index in [1.165, 1.54) is 45.3 Å². The minimum absolute atomic E-state index is 0.871. The van der Waals surface area contributed by atoms with Gasteiger partial charge < -0.3 is 5.32 Å². The highest BCUT2D eigenvalue weighted by molar-refractivity contribution is 4.89. The molecular formula is C10H20N2. The van der Waals surface area contributed by atoms with E-state index in [1.807, 2.05) is 0 Å². The molecule has 0 aromatic rings. The number of nitrogens with zero attached hydrogens (tertiary/aromatic N) is 1. The Kier molecular flexibility index (Phi) is 2.66. The van der Waals surface area contributed by atoms with E-state index in [4.69, 9.17) is 0 Å². The fourth-order valence-electron chi connectivity index (χ4n) is 2.45. The number of piperidine rings is 1. The van der Waals surface area contributed by atoms with Crippen LogP contribution in [0.1, 0.15) is 32.6 Å². The second kappa shape index (κ2) is 3.75. The van der Waals surface area contributed by atoms with Crippen molar-refractivity contribution in [3.63, 3.8) is 0 Å². The maximum Gasteiger partial charge on any atom is 0.0348 e.